The summed E-state index contributed by atoms with van der Waals surface area (Å²) in [5.41, 5.74) is 6.82. The predicted molar refractivity (Wildman–Crippen MR) is 64.2 cm³/mol. The van der Waals surface area contributed by atoms with E-state index < -0.39 is 0 Å². The minimum absolute atomic E-state index is 0.725. The van der Waals surface area contributed by atoms with Crippen LogP contribution in [0, 0.1) is 12.8 Å². The van der Waals surface area contributed by atoms with E-state index in [-0.39, 0.29) is 0 Å². The first-order chi connectivity index (χ1) is 7.28. The minimum Gasteiger partial charge on any atom is -0.330 e. The molecule has 1 aromatic rings. The molecule has 0 aromatic carbocycles. The summed E-state index contributed by atoms with van der Waals surface area (Å²) in [6.07, 6.45) is 2.36. The van der Waals surface area contributed by atoms with Gasteiger partial charge in [-0.1, -0.05) is 0 Å². The minimum atomic E-state index is 0.725. The molecule has 2 N–H and O–H groups in total. The molecule has 1 atom stereocenters. The fraction of sp³-hybridized carbons (Fsp3) is 0.727. The highest BCUT2D eigenvalue weighted by molar-refractivity contribution is 7.09. The van der Waals surface area contributed by atoms with Gasteiger partial charge in [-0.05, 0) is 32.4 Å². The molecule has 0 radical (unpaired) electrons. The van der Waals surface area contributed by atoms with Crippen LogP contribution in [0.5, 0.6) is 0 Å². The maximum Gasteiger partial charge on any atom is 0.0940 e. The molecule has 2 rings (SSSR count). The van der Waals surface area contributed by atoms with E-state index in [9.17, 15) is 0 Å². The van der Waals surface area contributed by atoms with E-state index in [1.165, 1.54) is 24.5 Å². The highest BCUT2D eigenvalue weighted by Crippen LogP contribution is 2.16. The third-order valence-corrected chi connectivity index (χ3v) is 4.04. The molecule has 15 heavy (non-hydrogen) atoms. The average Bonchev–Trinajstić information content (AvgIpc) is 2.83. The summed E-state index contributed by atoms with van der Waals surface area (Å²) in [6, 6.07) is 0. The van der Waals surface area contributed by atoms with Crippen LogP contribution in [0.4, 0.5) is 0 Å². The third-order valence-electron chi connectivity index (χ3n) is 3.01. The van der Waals surface area contributed by atoms with Gasteiger partial charge in [-0.2, -0.15) is 0 Å². The van der Waals surface area contributed by atoms with E-state index in [2.05, 4.69) is 22.2 Å². The smallest absolute Gasteiger partial charge is 0.0940 e. The zero-order chi connectivity index (χ0) is 10.7. The maximum atomic E-state index is 5.67. The molecule has 1 aromatic heterocycles. The van der Waals surface area contributed by atoms with Crippen molar-refractivity contribution in [2.45, 2.75) is 19.8 Å². The molecule has 1 aliphatic rings. The van der Waals surface area contributed by atoms with Crippen LogP contribution in [0.15, 0.2) is 5.38 Å². The number of hydrogen-bond donors (Lipinski definition) is 1. The van der Waals surface area contributed by atoms with Crippen molar-refractivity contribution in [3.63, 3.8) is 0 Å². The Morgan fingerprint density at radius 1 is 1.67 bits per heavy atom. The van der Waals surface area contributed by atoms with Gasteiger partial charge in [0.1, 0.15) is 0 Å². The van der Waals surface area contributed by atoms with Gasteiger partial charge < -0.3 is 10.6 Å². The monoisotopic (exact) mass is 225 g/mol. The van der Waals surface area contributed by atoms with Crippen LogP contribution in [-0.4, -0.2) is 36.1 Å². The van der Waals surface area contributed by atoms with E-state index >= 15 is 0 Å². The van der Waals surface area contributed by atoms with Crippen LogP contribution < -0.4 is 5.73 Å². The molecule has 1 saturated heterocycles. The quantitative estimate of drug-likeness (QED) is 0.839. The highest BCUT2D eigenvalue weighted by Gasteiger charge is 2.20. The number of aryl methyl sites for hydroxylation is 1. The van der Waals surface area contributed by atoms with Crippen LogP contribution >= 0.6 is 11.3 Å². The first-order valence-electron chi connectivity index (χ1n) is 5.61. The van der Waals surface area contributed by atoms with Gasteiger partial charge in [0.2, 0.25) is 0 Å². The van der Waals surface area contributed by atoms with Gasteiger partial charge in [-0.25, -0.2) is 4.98 Å². The van der Waals surface area contributed by atoms with Crippen LogP contribution in [0.25, 0.3) is 0 Å². The Morgan fingerprint density at radius 3 is 3.13 bits per heavy atom. The fourth-order valence-electron chi connectivity index (χ4n) is 2.08. The number of nitrogens with two attached hydrogens (primary N) is 1. The van der Waals surface area contributed by atoms with Crippen LogP contribution in [-0.2, 0) is 6.42 Å². The number of rotatable bonds is 4. The van der Waals surface area contributed by atoms with Crippen molar-refractivity contribution in [2.24, 2.45) is 11.7 Å². The van der Waals surface area contributed by atoms with E-state index in [1.54, 1.807) is 11.3 Å². The van der Waals surface area contributed by atoms with Gasteiger partial charge in [-0.15, -0.1) is 11.3 Å². The van der Waals surface area contributed by atoms with E-state index in [0.29, 0.717) is 0 Å². The number of aromatic nitrogens is 1. The lowest BCUT2D eigenvalue weighted by atomic mass is 10.1. The third kappa shape index (κ3) is 3.00. The van der Waals surface area contributed by atoms with Gasteiger partial charge in [0.15, 0.2) is 0 Å². The molecule has 0 aliphatic carbocycles. The Labute approximate surface area is 95.3 Å². The molecule has 4 heteroatoms. The molecule has 0 spiro atoms. The Morgan fingerprint density at radius 2 is 2.53 bits per heavy atom. The van der Waals surface area contributed by atoms with Crippen molar-refractivity contribution < 1.29 is 0 Å². The van der Waals surface area contributed by atoms with E-state index in [1.807, 2.05) is 0 Å². The zero-order valence-electron chi connectivity index (χ0n) is 9.28. The molecule has 84 valence electrons. The average molecular weight is 225 g/mol. The predicted octanol–water partition coefficient (Wildman–Crippen LogP) is 1.27. The topological polar surface area (TPSA) is 42.1 Å². The number of hydrogen-bond acceptors (Lipinski definition) is 4. The lowest BCUT2D eigenvalue weighted by molar-refractivity contribution is 0.329. The van der Waals surface area contributed by atoms with Gasteiger partial charge in [0.25, 0.3) is 0 Å². The molecule has 1 aliphatic heterocycles. The van der Waals surface area contributed by atoms with Gasteiger partial charge in [0.05, 0.1) is 5.01 Å². The summed E-state index contributed by atoms with van der Waals surface area (Å²) >= 11 is 1.78. The largest absolute Gasteiger partial charge is 0.330 e. The van der Waals surface area contributed by atoms with Crippen molar-refractivity contribution in [2.75, 3.05) is 26.2 Å². The van der Waals surface area contributed by atoms with Gasteiger partial charge in [0, 0.05) is 30.6 Å². The highest BCUT2D eigenvalue weighted by atomic mass is 32.1. The Hall–Kier alpha value is -0.450. The first-order valence-corrected chi connectivity index (χ1v) is 6.49. The first kappa shape index (κ1) is 11.0. The summed E-state index contributed by atoms with van der Waals surface area (Å²) in [4.78, 5) is 6.99. The standard InChI is InChI=1S/C11H19N3S/c1-9-8-15-11(13-9)3-5-14-4-2-10(6-12)7-14/h8,10H,2-7,12H2,1H3. The van der Waals surface area contributed by atoms with Crippen molar-refractivity contribution in [3.8, 4) is 0 Å². The maximum absolute atomic E-state index is 5.67. The second-order valence-corrected chi connectivity index (χ2v) is 5.27. The summed E-state index contributed by atoms with van der Waals surface area (Å²) in [6.45, 7) is 6.43. The Kier molecular flexibility index (Phi) is 3.72. The summed E-state index contributed by atoms with van der Waals surface area (Å²) < 4.78 is 0. The lowest BCUT2D eigenvalue weighted by Crippen LogP contribution is -2.25. The summed E-state index contributed by atoms with van der Waals surface area (Å²) in [5.74, 6) is 0.725. The number of nitrogens with zero attached hydrogens (tertiary/aromatic N) is 2. The van der Waals surface area contributed by atoms with Crippen LogP contribution in [0.3, 0.4) is 0 Å². The van der Waals surface area contributed by atoms with E-state index in [0.717, 1.165) is 31.1 Å². The van der Waals surface area contributed by atoms with Crippen molar-refractivity contribution in [1.29, 1.82) is 0 Å². The molecule has 0 amide bonds. The molecular weight excluding hydrogens is 206 g/mol. The van der Waals surface area contributed by atoms with Crippen LogP contribution in [0.2, 0.25) is 0 Å². The molecular formula is C11H19N3S. The Bertz CT molecular complexity index is 311. The van der Waals surface area contributed by atoms with Crippen molar-refractivity contribution in [1.82, 2.24) is 9.88 Å². The molecule has 1 fully saturated rings. The summed E-state index contributed by atoms with van der Waals surface area (Å²) in [5, 5.41) is 3.39. The second-order valence-electron chi connectivity index (χ2n) is 4.32. The normalized spacial score (nSPS) is 22.4. The zero-order valence-corrected chi connectivity index (χ0v) is 10.1. The number of likely N-dealkylation sites (tertiary alicyclic amines) is 1. The Balaban J connectivity index is 1.75. The lowest BCUT2D eigenvalue weighted by Gasteiger charge is -2.14. The summed E-state index contributed by atoms with van der Waals surface area (Å²) in [7, 11) is 0. The molecule has 0 bridgehead atoms. The van der Waals surface area contributed by atoms with E-state index in [4.69, 9.17) is 5.73 Å². The fourth-order valence-corrected chi connectivity index (χ4v) is 2.84. The molecule has 2 heterocycles. The van der Waals surface area contributed by atoms with Crippen molar-refractivity contribution in [3.05, 3.63) is 16.1 Å². The van der Waals surface area contributed by atoms with Gasteiger partial charge in [-0.3, -0.25) is 0 Å². The van der Waals surface area contributed by atoms with Crippen molar-refractivity contribution >= 4 is 11.3 Å². The SMILES string of the molecule is Cc1csc(CCN2CCC(CN)C2)n1. The molecule has 1 unspecified atom stereocenters. The number of thiazole rings is 1. The van der Waals surface area contributed by atoms with Gasteiger partial charge >= 0.3 is 0 Å². The molecule has 3 nitrogen and oxygen atoms in total. The second kappa shape index (κ2) is 5.05. The van der Waals surface area contributed by atoms with Crippen LogP contribution in [0.1, 0.15) is 17.1 Å². The molecule has 0 saturated carbocycles.